The molecule has 0 saturated carbocycles. The second-order valence-corrected chi connectivity index (χ2v) is 1.87. The van der Waals surface area contributed by atoms with Crippen molar-refractivity contribution in [3.8, 4) is 0 Å². The Morgan fingerprint density at radius 2 is 2.50 bits per heavy atom. The van der Waals surface area contributed by atoms with E-state index >= 15 is 0 Å². The normalized spacial score (nSPS) is 9.40. The molecule has 0 radical (unpaired) electrons. The first-order chi connectivity index (χ1) is 4.74. The van der Waals surface area contributed by atoms with Crippen molar-refractivity contribution in [3.63, 3.8) is 0 Å². The Labute approximate surface area is 58.0 Å². The van der Waals surface area contributed by atoms with E-state index in [1.165, 1.54) is 13.5 Å². The van der Waals surface area contributed by atoms with Gasteiger partial charge in [-0.05, 0) is 0 Å². The zero-order chi connectivity index (χ0) is 7.56. The molecular formula is C6H8NO3+. The molecule has 4 heteroatoms. The number of nitrogens with zero attached hydrogens (tertiary/aromatic N) is 1. The molecule has 0 saturated heterocycles. The predicted molar refractivity (Wildman–Crippen MR) is 31.2 cm³/mol. The van der Waals surface area contributed by atoms with Crippen LogP contribution in [0.15, 0.2) is 17.0 Å². The fraction of sp³-hybridized carbons (Fsp3) is 0.333. The summed E-state index contributed by atoms with van der Waals surface area (Å²) in [5.74, 6) is -0.245. The van der Waals surface area contributed by atoms with E-state index in [4.69, 9.17) is 4.42 Å². The van der Waals surface area contributed by atoms with E-state index in [1.54, 1.807) is 17.8 Å². The van der Waals surface area contributed by atoms with E-state index in [0.717, 1.165) is 0 Å². The number of ether oxygens (including phenoxy) is 1. The molecule has 0 aliphatic carbocycles. The minimum atomic E-state index is -0.458. The van der Waals surface area contributed by atoms with Gasteiger partial charge in [-0.15, -0.1) is 0 Å². The van der Waals surface area contributed by atoms with Gasteiger partial charge in [0.15, 0.2) is 0 Å². The van der Waals surface area contributed by atoms with Crippen LogP contribution in [0.2, 0.25) is 0 Å². The topological polar surface area (TPSA) is 43.3 Å². The van der Waals surface area contributed by atoms with Crippen LogP contribution in [-0.4, -0.2) is 13.1 Å². The van der Waals surface area contributed by atoms with Crippen molar-refractivity contribution < 1.29 is 18.5 Å². The van der Waals surface area contributed by atoms with Crippen LogP contribution >= 0.6 is 0 Å². The van der Waals surface area contributed by atoms with Crippen LogP contribution < -0.4 is 4.57 Å². The van der Waals surface area contributed by atoms with Gasteiger partial charge in [-0.25, -0.2) is 4.79 Å². The summed E-state index contributed by atoms with van der Waals surface area (Å²) >= 11 is 0. The zero-order valence-corrected chi connectivity index (χ0v) is 5.83. The van der Waals surface area contributed by atoms with Crippen LogP contribution in [0, 0.1) is 0 Å². The van der Waals surface area contributed by atoms with Crippen molar-refractivity contribution in [2.24, 2.45) is 7.05 Å². The number of esters is 1. The van der Waals surface area contributed by atoms with Gasteiger partial charge in [0.05, 0.1) is 7.11 Å². The monoisotopic (exact) mass is 142 g/mol. The molecule has 10 heavy (non-hydrogen) atoms. The molecule has 0 unspecified atom stereocenters. The molecular weight excluding hydrogens is 134 g/mol. The van der Waals surface area contributed by atoms with Crippen LogP contribution in [0.3, 0.4) is 0 Å². The number of carbonyl (C=O) groups excluding carboxylic acids is 1. The number of methoxy groups -OCH3 is 1. The Bertz CT molecular complexity index is 241. The van der Waals surface area contributed by atoms with Crippen LogP contribution in [-0.2, 0) is 11.8 Å². The maximum Gasteiger partial charge on any atom is 0.380 e. The highest BCUT2D eigenvalue weighted by molar-refractivity contribution is 5.85. The van der Waals surface area contributed by atoms with Gasteiger partial charge in [-0.1, -0.05) is 0 Å². The summed E-state index contributed by atoms with van der Waals surface area (Å²) < 4.78 is 10.8. The summed E-state index contributed by atoms with van der Waals surface area (Å²) in [6.45, 7) is 0. The standard InChI is InChI=1S/C6H8NO3/c1-7-3-5(10-4-7)6(8)9-2/h3-4H,1-2H3/q+1. The van der Waals surface area contributed by atoms with Crippen LogP contribution in [0.4, 0.5) is 0 Å². The van der Waals surface area contributed by atoms with Crippen LogP contribution in [0.5, 0.6) is 0 Å². The van der Waals surface area contributed by atoms with Crippen molar-refractivity contribution in [3.05, 3.63) is 18.4 Å². The minimum Gasteiger partial charge on any atom is -0.463 e. The highest BCUT2D eigenvalue weighted by Crippen LogP contribution is 1.95. The van der Waals surface area contributed by atoms with Gasteiger partial charge in [-0.3, -0.25) is 0 Å². The molecule has 0 bridgehead atoms. The van der Waals surface area contributed by atoms with E-state index < -0.39 is 5.97 Å². The summed E-state index contributed by atoms with van der Waals surface area (Å²) in [7, 11) is 3.07. The van der Waals surface area contributed by atoms with Crippen molar-refractivity contribution >= 4 is 5.97 Å². The van der Waals surface area contributed by atoms with Crippen molar-refractivity contribution in [1.82, 2.24) is 0 Å². The molecule has 0 aliphatic rings. The van der Waals surface area contributed by atoms with E-state index in [9.17, 15) is 4.79 Å². The first-order valence-electron chi connectivity index (χ1n) is 2.76. The van der Waals surface area contributed by atoms with Crippen LogP contribution in [0.25, 0.3) is 0 Å². The lowest BCUT2D eigenvalue weighted by Gasteiger charge is -1.86. The number of rotatable bonds is 1. The van der Waals surface area contributed by atoms with E-state index in [-0.39, 0.29) is 5.76 Å². The molecule has 1 heterocycles. The zero-order valence-electron chi connectivity index (χ0n) is 5.83. The van der Waals surface area contributed by atoms with Crippen molar-refractivity contribution in [1.29, 1.82) is 0 Å². The van der Waals surface area contributed by atoms with Gasteiger partial charge in [0.25, 0.3) is 5.76 Å². The Hall–Kier alpha value is -1.32. The molecule has 1 aromatic heterocycles. The number of carbonyl (C=O) groups is 1. The molecule has 0 aliphatic heterocycles. The maximum absolute atomic E-state index is 10.7. The molecule has 0 spiro atoms. The van der Waals surface area contributed by atoms with E-state index in [1.807, 2.05) is 0 Å². The quantitative estimate of drug-likeness (QED) is 0.406. The molecule has 0 aromatic carbocycles. The number of hydrogen-bond acceptors (Lipinski definition) is 3. The summed E-state index contributed by atoms with van der Waals surface area (Å²) in [5.41, 5.74) is 0. The molecule has 1 aromatic rings. The fourth-order valence-corrected chi connectivity index (χ4v) is 0.587. The molecule has 0 N–H and O–H groups in total. The highest BCUT2D eigenvalue weighted by atomic mass is 16.5. The Balaban J connectivity index is 2.85. The van der Waals surface area contributed by atoms with Gasteiger partial charge < -0.3 is 9.15 Å². The molecule has 0 atom stereocenters. The van der Waals surface area contributed by atoms with Gasteiger partial charge >= 0.3 is 12.4 Å². The van der Waals surface area contributed by atoms with E-state index in [0.29, 0.717) is 0 Å². The number of oxazole rings is 1. The van der Waals surface area contributed by atoms with Gasteiger partial charge in [-0.2, -0.15) is 4.57 Å². The first kappa shape index (κ1) is 6.80. The fourth-order valence-electron chi connectivity index (χ4n) is 0.587. The third kappa shape index (κ3) is 1.15. The number of aromatic nitrogens is 1. The Kier molecular flexibility index (Phi) is 1.71. The smallest absolute Gasteiger partial charge is 0.380 e. The second kappa shape index (κ2) is 2.51. The lowest BCUT2D eigenvalue weighted by Crippen LogP contribution is -2.23. The molecule has 1 rings (SSSR count). The second-order valence-electron chi connectivity index (χ2n) is 1.87. The Morgan fingerprint density at radius 3 is 2.90 bits per heavy atom. The van der Waals surface area contributed by atoms with E-state index in [2.05, 4.69) is 4.74 Å². The van der Waals surface area contributed by atoms with Gasteiger partial charge in [0, 0.05) is 0 Å². The average molecular weight is 142 g/mol. The predicted octanol–water partition coefficient (Wildman–Crippen LogP) is -0.109. The number of hydrogen-bond donors (Lipinski definition) is 0. The summed E-state index contributed by atoms with van der Waals surface area (Å²) in [4.78, 5) is 10.7. The lowest BCUT2D eigenvalue weighted by atomic mass is 10.5. The highest BCUT2D eigenvalue weighted by Gasteiger charge is 2.13. The lowest BCUT2D eigenvalue weighted by molar-refractivity contribution is -0.674. The molecule has 0 fully saturated rings. The first-order valence-corrected chi connectivity index (χ1v) is 2.76. The molecule has 54 valence electrons. The minimum absolute atomic E-state index is 0.213. The summed E-state index contributed by atoms with van der Waals surface area (Å²) in [6, 6.07) is 0. The van der Waals surface area contributed by atoms with Crippen molar-refractivity contribution in [2.75, 3.05) is 7.11 Å². The third-order valence-corrected chi connectivity index (χ3v) is 1.05. The average Bonchev–Trinajstić information content (AvgIpc) is 2.34. The third-order valence-electron chi connectivity index (χ3n) is 1.05. The maximum atomic E-state index is 10.7. The SMILES string of the molecule is COC(=O)c1c[n+](C)co1. The Morgan fingerprint density at radius 1 is 1.80 bits per heavy atom. The summed E-state index contributed by atoms with van der Waals surface area (Å²) in [6.07, 6.45) is 2.97. The van der Waals surface area contributed by atoms with Crippen molar-refractivity contribution in [2.45, 2.75) is 0 Å². The molecule has 4 nitrogen and oxygen atoms in total. The van der Waals surface area contributed by atoms with Crippen LogP contribution in [0.1, 0.15) is 10.6 Å². The van der Waals surface area contributed by atoms with Gasteiger partial charge in [0.1, 0.15) is 7.05 Å². The van der Waals surface area contributed by atoms with Gasteiger partial charge in [0.2, 0.25) is 6.20 Å². The molecule has 0 amide bonds. The summed E-state index contributed by atoms with van der Waals surface area (Å²) in [5, 5.41) is 0. The number of aryl methyl sites for hydroxylation is 1. The largest absolute Gasteiger partial charge is 0.463 e.